The van der Waals surface area contributed by atoms with Crippen molar-refractivity contribution in [2.45, 2.75) is 39.8 Å². The molecule has 4 nitrogen and oxygen atoms in total. The molecule has 0 atom stereocenters. The Morgan fingerprint density at radius 3 is 2.62 bits per heavy atom. The Hall–Kier alpha value is -1.94. The van der Waals surface area contributed by atoms with Gasteiger partial charge in [0.2, 0.25) is 0 Å². The van der Waals surface area contributed by atoms with E-state index in [4.69, 9.17) is 10.7 Å². The van der Waals surface area contributed by atoms with Gasteiger partial charge in [-0.15, -0.1) is 0 Å². The number of aryl methyl sites for hydroxylation is 2. The van der Waals surface area contributed by atoms with Gasteiger partial charge in [-0.2, -0.15) is 0 Å². The van der Waals surface area contributed by atoms with Crippen LogP contribution in [0.1, 0.15) is 36.0 Å². The van der Waals surface area contributed by atoms with E-state index in [2.05, 4.69) is 28.9 Å². The van der Waals surface area contributed by atoms with E-state index in [1.165, 1.54) is 0 Å². The van der Waals surface area contributed by atoms with Gasteiger partial charge in [-0.25, -0.2) is 4.98 Å². The van der Waals surface area contributed by atoms with Gasteiger partial charge in [0.05, 0.1) is 12.2 Å². The molecule has 0 bridgehead atoms. The van der Waals surface area contributed by atoms with Gasteiger partial charge in [0.25, 0.3) is 0 Å². The summed E-state index contributed by atoms with van der Waals surface area (Å²) in [7, 11) is 2.04. The molecule has 112 valence electrons. The van der Waals surface area contributed by atoms with Gasteiger partial charge in [0.15, 0.2) is 0 Å². The molecule has 0 radical (unpaired) electrons. The Balaban J connectivity index is 2.21. The molecule has 0 aliphatic rings. The van der Waals surface area contributed by atoms with Crippen molar-refractivity contribution >= 4 is 5.82 Å². The monoisotopic (exact) mass is 284 g/mol. The molecule has 0 saturated heterocycles. The standard InChI is InChI=1S/C17H24N4/c1-4-6-15-9-14(11-18)10-17(20-15)21(3)12-16-8-5-7-13(2)19-16/h5,7-10H,4,6,11-12,18H2,1-3H3. The number of nitrogens with zero attached hydrogens (tertiary/aromatic N) is 3. The molecule has 2 aromatic rings. The number of hydrogen-bond donors (Lipinski definition) is 1. The van der Waals surface area contributed by atoms with Crippen LogP contribution in [0.2, 0.25) is 0 Å². The highest BCUT2D eigenvalue weighted by molar-refractivity contribution is 5.42. The minimum absolute atomic E-state index is 0.544. The molecule has 2 aromatic heterocycles. The smallest absolute Gasteiger partial charge is 0.129 e. The third-order valence-electron chi connectivity index (χ3n) is 3.40. The molecule has 0 fully saturated rings. The van der Waals surface area contributed by atoms with Crippen molar-refractivity contribution in [1.82, 2.24) is 9.97 Å². The number of pyridine rings is 2. The largest absolute Gasteiger partial charge is 0.354 e. The molecule has 2 heterocycles. The summed E-state index contributed by atoms with van der Waals surface area (Å²) in [5, 5.41) is 0. The first kappa shape index (κ1) is 15.4. The zero-order valence-electron chi connectivity index (χ0n) is 13.1. The van der Waals surface area contributed by atoms with Crippen molar-refractivity contribution in [3.05, 3.63) is 53.0 Å². The summed E-state index contributed by atoms with van der Waals surface area (Å²) in [6.07, 6.45) is 2.07. The highest BCUT2D eigenvalue weighted by Gasteiger charge is 2.08. The topological polar surface area (TPSA) is 55.0 Å². The molecule has 0 saturated carbocycles. The van der Waals surface area contributed by atoms with Crippen molar-refractivity contribution in [2.24, 2.45) is 5.73 Å². The highest BCUT2D eigenvalue weighted by atomic mass is 15.2. The summed E-state index contributed by atoms with van der Waals surface area (Å²) in [5.41, 5.74) is 10.1. The fraction of sp³-hybridized carbons (Fsp3) is 0.412. The van der Waals surface area contributed by atoms with E-state index in [9.17, 15) is 0 Å². The van der Waals surface area contributed by atoms with Crippen LogP contribution in [0.5, 0.6) is 0 Å². The van der Waals surface area contributed by atoms with Crippen LogP contribution in [-0.2, 0) is 19.5 Å². The highest BCUT2D eigenvalue weighted by Crippen LogP contribution is 2.17. The maximum atomic E-state index is 5.80. The fourth-order valence-corrected chi connectivity index (χ4v) is 2.34. The van der Waals surface area contributed by atoms with Gasteiger partial charge < -0.3 is 10.6 Å². The summed E-state index contributed by atoms with van der Waals surface area (Å²) < 4.78 is 0. The van der Waals surface area contributed by atoms with Gasteiger partial charge >= 0.3 is 0 Å². The minimum atomic E-state index is 0.544. The Morgan fingerprint density at radius 1 is 1.14 bits per heavy atom. The van der Waals surface area contributed by atoms with Gasteiger partial charge in [0, 0.05) is 25.0 Å². The zero-order valence-corrected chi connectivity index (χ0v) is 13.1. The number of hydrogen-bond acceptors (Lipinski definition) is 4. The summed E-state index contributed by atoms with van der Waals surface area (Å²) in [6, 6.07) is 10.3. The summed E-state index contributed by atoms with van der Waals surface area (Å²) in [6.45, 7) is 5.46. The first-order valence-corrected chi connectivity index (χ1v) is 7.46. The number of anilines is 1. The maximum absolute atomic E-state index is 5.80. The number of nitrogens with two attached hydrogens (primary N) is 1. The molecule has 0 aliphatic carbocycles. The molecule has 0 aromatic carbocycles. The van der Waals surface area contributed by atoms with Crippen LogP contribution in [0.4, 0.5) is 5.82 Å². The lowest BCUT2D eigenvalue weighted by Crippen LogP contribution is -2.19. The lowest BCUT2D eigenvalue weighted by Gasteiger charge is -2.19. The van der Waals surface area contributed by atoms with Crippen LogP contribution in [0, 0.1) is 6.92 Å². The van der Waals surface area contributed by atoms with Crippen molar-refractivity contribution < 1.29 is 0 Å². The van der Waals surface area contributed by atoms with E-state index in [1.807, 2.05) is 32.2 Å². The zero-order chi connectivity index (χ0) is 15.2. The van der Waals surface area contributed by atoms with E-state index >= 15 is 0 Å². The molecule has 21 heavy (non-hydrogen) atoms. The second-order valence-corrected chi connectivity index (χ2v) is 5.41. The van der Waals surface area contributed by atoms with Crippen LogP contribution < -0.4 is 10.6 Å². The Kier molecular flexibility index (Phi) is 5.28. The third-order valence-corrected chi connectivity index (χ3v) is 3.40. The quantitative estimate of drug-likeness (QED) is 0.886. The van der Waals surface area contributed by atoms with Crippen molar-refractivity contribution in [1.29, 1.82) is 0 Å². The first-order valence-electron chi connectivity index (χ1n) is 7.46. The predicted octanol–water partition coefficient (Wildman–Crippen LogP) is 2.83. The van der Waals surface area contributed by atoms with Gasteiger partial charge in [-0.05, 0) is 43.2 Å². The van der Waals surface area contributed by atoms with Crippen LogP contribution >= 0.6 is 0 Å². The first-order chi connectivity index (χ1) is 10.1. The van der Waals surface area contributed by atoms with Crippen LogP contribution in [0.25, 0.3) is 0 Å². The average Bonchev–Trinajstić information content (AvgIpc) is 2.47. The van der Waals surface area contributed by atoms with Crippen LogP contribution in [-0.4, -0.2) is 17.0 Å². The van der Waals surface area contributed by atoms with E-state index in [0.717, 1.165) is 47.8 Å². The predicted molar refractivity (Wildman–Crippen MR) is 87.2 cm³/mol. The Labute approximate surface area is 127 Å². The maximum Gasteiger partial charge on any atom is 0.129 e. The molecule has 2 rings (SSSR count). The third kappa shape index (κ3) is 4.26. The second-order valence-electron chi connectivity index (χ2n) is 5.41. The van der Waals surface area contributed by atoms with Gasteiger partial charge in [-0.1, -0.05) is 19.4 Å². The number of aromatic nitrogens is 2. The minimum Gasteiger partial charge on any atom is -0.354 e. The molecule has 0 amide bonds. The van der Waals surface area contributed by atoms with E-state index in [0.29, 0.717) is 6.54 Å². The number of rotatable bonds is 6. The lowest BCUT2D eigenvalue weighted by molar-refractivity contribution is 0.827. The summed E-state index contributed by atoms with van der Waals surface area (Å²) in [4.78, 5) is 11.4. The molecule has 0 spiro atoms. The van der Waals surface area contributed by atoms with Crippen molar-refractivity contribution in [3.8, 4) is 0 Å². The van der Waals surface area contributed by atoms with E-state index in [1.54, 1.807) is 0 Å². The molecular formula is C17H24N4. The molecule has 0 aliphatic heterocycles. The lowest BCUT2D eigenvalue weighted by atomic mass is 10.1. The summed E-state index contributed by atoms with van der Waals surface area (Å²) >= 11 is 0. The molecule has 4 heteroatoms. The van der Waals surface area contributed by atoms with Crippen LogP contribution in [0.3, 0.4) is 0 Å². The van der Waals surface area contributed by atoms with E-state index < -0.39 is 0 Å². The second kappa shape index (κ2) is 7.18. The Morgan fingerprint density at radius 2 is 1.95 bits per heavy atom. The SMILES string of the molecule is CCCc1cc(CN)cc(N(C)Cc2cccc(C)n2)n1. The van der Waals surface area contributed by atoms with E-state index in [-0.39, 0.29) is 0 Å². The van der Waals surface area contributed by atoms with Gasteiger partial charge in [0.1, 0.15) is 5.82 Å². The molecule has 2 N–H and O–H groups in total. The molecule has 0 unspecified atom stereocenters. The van der Waals surface area contributed by atoms with Crippen molar-refractivity contribution in [3.63, 3.8) is 0 Å². The molecular weight excluding hydrogens is 260 g/mol. The van der Waals surface area contributed by atoms with Gasteiger partial charge in [-0.3, -0.25) is 4.98 Å². The van der Waals surface area contributed by atoms with Crippen LogP contribution in [0.15, 0.2) is 30.3 Å². The average molecular weight is 284 g/mol. The fourth-order valence-electron chi connectivity index (χ4n) is 2.34. The Bertz CT molecular complexity index is 595. The summed E-state index contributed by atoms with van der Waals surface area (Å²) in [5.74, 6) is 0.963. The van der Waals surface area contributed by atoms with Crippen molar-refractivity contribution in [2.75, 3.05) is 11.9 Å². The normalized spacial score (nSPS) is 10.7.